The van der Waals surface area contributed by atoms with Gasteiger partial charge in [-0.1, -0.05) is 12.1 Å². The second-order valence-electron chi connectivity index (χ2n) is 6.58. The molecule has 0 bridgehead atoms. The van der Waals surface area contributed by atoms with Gasteiger partial charge in [0.15, 0.2) is 0 Å². The van der Waals surface area contributed by atoms with Crippen LogP contribution in [-0.2, 0) is 0 Å². The van der Waals surface area contributed by atoms with Gasteiger partial charge in [-0.25, -0.2) is 4.39 Å². The van der Waals surface area contributed by atoms with Crippen LogP contribution < -0.4 is 5.32 Å². The van der Waals surface area contributed by atoms with Crippen LogP contribution in [0.25, 0.3) is 0 Å². The summed E-state index contributed by atoms with van der Waals surface area (Å²) >= 11 is 1.87. The highest BCUT2D eigenvalue weighted by Gasteiger charge is 2.22. The lowest BCUT2D eigenvalue weighted by molar-refractivity contribution is 0.0764. The Balaban J connectivity index is 1.80. The number of carbonyl (C=O) groups is 2. The van der Waals surface area contributed by atoms with E-state index in [1.807, 2.05) is 34.5 Å². The first-order valence-corrected chi connectivity index (χ1v) is 9.87. The molecule has 0 atom stereocenters. The highest BCUT2D eigenvalue weighted by Crippen LogP contribution is 2.20. The first-order chi connectivity index (χ1) is 13.0. The fourth-order valence-electron chi connectivity index (χ4n) is 3.03. The summed E-state index contributed by atoms with van der Waals surface area (Å²) < 4.78 is 14.2. The van der Waals surface area contributed by atoms with Crippen molar-refractivity contribution in [3.8, 4) is 0 Å². The van der Waals surface area contributed by atoms with Crippen LogP contribution in [0.1, 0.15) is 27.1 Å². The highest BCUT2D eigenvalue weighted by molar-refractivity contribution is 14.1. The number of amides is 2. The molecule has 0 radical (unpaired) electrons. The third-order valence-corrected chi connectivity index (χ3v) is 5.47. The number of likely N-dealkylation sites (N-methyl/N-ethyl adjacent to an activating group) is 1. The second kappa shape index (κ2) is 8.79. The monoisotopic (exact) mass is 481 g/mol. The van der Waals surface area contributed by atoms with Crippen molar-refractivity contribution in [2.45, 2.75) is 6.42 Å². The summed E-state index contributed by atoms with van der Waals surface area (Å²) in [5, 5.41) is 2.75. The Hall–Kier alpha value is -2.00. The van der Waals surface area contributed by atoms with Crippen LogP contribution >= 0.6 is 22.6 Å². The van der Waals surface area contributed by atoms with E-state index in [1.54, 1.807) is 36.4 Å². The lowest BCUT2D eigenvalue weighted by Crippen LogP contribution is -2.35. The summed E-state index contributed by atoms with van der Waals surface area (Å²) in [5.41, 5.74) is 1.09. The lowest BCUT2D eigenvalue weighted by atomic mass is 10.1. The molecule has 7 heteroatoms. The van der Waals surface area contributed by atoms with Crippen LogP contribution in [0, 0.1) is 9.39 Å². The molecule has 2 aromatic rings. The zero-order valence-electron chi connectivity index (χ0n) is 15.0. The molecule has 1 aliphatic rings. The lowest BCUT2D eigenvalue weighted by Gasteiger charge is -2.22. The zero-order valence-corrected chi connectivity index (χ0v) is 17.2. The normalized spacial score (nSPS) is 15.3. The maximum Gasteiger partial charge on any atom is 0.256 e. The van der Waals surface area contributed by atoms with Crippen molar-refractivity contribution in [1.29, 1.82) is 0 Å². The number of hydrogen-bond donors (Lipinski definition) is 1. The van der Waals surface area contributed by atoms with E-state index in [-0.39, 0.29) is 11.5 Å². The summed E-state index contributed by atoms with van der Waals surface area (Å²) in [6.45, 7) is 3.12. The standard InChI is InChI=1S/C20H21FIN3O2/c1-24-9-4-10-25(12-11-24)20(27)15-5-2-3-6-18(15)23-19(26)14-7-8-17(22)16(21)13-14/h2-3,5-8,13H,4,9-12H2,1H3,(H,23,26). The summed E-state index contributed by atoms with van der Waals surface area (Å²) in [4.78, 5) is 29.5. The highest BCUT2D eigenvalue weighted by atomic mass is 127. The Morgan fingerprint density at radius 2 is 1.85 bits per heavy atom. The van der Waals surface area contributed by atoms with Crippen molar-refractivity contribution in [1.82, 2.24) is 9.80 Å². The molecular weight excluding hydrogens is 460 g/mol. The molecule has 0 aliphatic carbocycles. The van der Waals surface area contributed by atoms with Crippen molar-refractivity contribution in [3.63, 3.8) is 0 Å². The largest absolute Gasteiger partial charge is 0.337 e. The first-order valence-electron chi connectivity index (χ1n) is 8.79. The summed E-state index contributed by atoms with van der Waals surface area (Å²) in [5.74, 6) is -0.988. The van der Waals surface area contributed by atoms with Crippen LogP contribution in [0.2, 0.25) is 0 Å². The van der Waals surface area contributed by atoms with Gasteiger partial charge in [0, 0.05) is 28.8 Å². The molecule has 0 aromatic heterocycles. The average Bonchev–Trinajstić information content (AvgIpc) is 2.88. The van der Waals surface area contributed by atoms with Gasteiger partial charge in [0.05, 0.1) is 11.3 Å². The van der Waals surface area contributed by atoms with Gasteiger partial charge in [-0.05, 0) is 72.9 Å². The van der Waals surface area contributed by atoms with Crippen molar-refractivity contribution < 1.29 is 14.0 Å². The Labute approximate surface area is 171 Å². The van der Waals surface area contributed by atoms with E-state index in [9.17, 15) is 14.0 Å². The summed E-state index contributed by atoms with van der Waals surface area (Å²) in [6.07, 6.45) is 0.915. The molecule has 1 saturated heterocycles. The molecule has 1 aliphatic heterocycles. The van der Waals surface area contributed by atoms with Gasteiger partial charge in [-0.15, -0.1) is 0 Å². The van der Waals surface area contributed by atoms with E-state index in [4.69, 9.17) is 0 Å². The molecule has 142 valence electrons. The number of anilines is 1. The van der Waals surface area contributed by atoms with Gasteiger partial charge in [0.2, 0.25) is 0 Å². The molecule has 0 spiro atoms. The van der Waals surface area contributed by atoms with E-state index < -0.39 is 11.7 Å². The molecule has 1 fully saturated rings. The van der Waals surface area contributed by atoms with Crippen LogP contribution in [0.15, 0.2) is 42.5 Å². The van der Waals surface area contributed by atoms with Gasteiger partial charge in [-0.3, -0.25) is 9.59 Å². The van der Waals surface area contributed by atoms with Crippen LogP contribution in [0.3, 0.4) is 0 Å². The average molecular weight is 481 g/mol. The number of hydrogen-bond acceptors (Lipinski definition) is 3. The molecule has 27 heavy (non-hydrogen) atoms. The van der Waals surface area contributed by atoms with Crippen LogP contribution in [0.5, 0.6) is 0 Å². The van der Waals surface area contributed by atoms with E-state index in [0.29, 0.717) is 27.9 Å². The van der Waals surface area contributed by atoms with Crippen molar-refractivity contribution in [2.24, 2.45) is 0 Å². The summed E-state index contributed by atoms with van der Waals surface area (Å²) in [6, 6.07) is 11.3. The Kier molecular flexibility index (Phi) is 6.43. The van der Waals surface area contributed by atoms with Gasteiger partial charge < -0.3 is 15.1 Å². The maximum absolute atomic E-state index is 13.7. The maximum atomic E-state index is 13.7. The molecule has 0 unspecified atom stereocenters. The third-order valence-electron chi connectivity index (χ3n) is 4.59. The van der Waals surface area contributed by atoms with Gasteiger partial charge in [0.25, 0.3) is 11.8 Å². The Morgan fingerprint density at radius 1 is 1.07 bits per heavy atom. The molecule has 1 N–H and O–H groups in total. The van der Waals surface area contributed by atoms with E-state index in [0.717, 1.165) is 19.5 Å². The molecule has 2 amide bonds. The number of rotatable bonds is 3. The summed E-state index contributed by atoms with van der Waals surface area (Å²) in [7, 11) is 2.04. The number of nitrogens with zero attached hydrogens (tertiary/aromatic N) is 2. The molecular formula is C20H21FIN3O2. The minimum Gasteiger partial charge on any atom is -0.337 e. The van der Waals surface area contributed by atoms with E-state index in [2.05, 4.69) is 10.2 Å². The third kappa shape index (κ3) is 4.84. The fraction of sp³-hybridized carbons (Fsp3) is 0.300. The first kappa shape index (κ1) is 19.8. The van der Waals surface area contributed by atoms with Crippen molar-refractivity contribution in [2.75, 3.05) is 38.5 Å². The number of carbonyl (C=O) groups excluding carboxylic acids is 2. The smallest absolute Gasteiger partial charge is 0.256 e. The molecule has 3 rings (SSSR count). The fourth-order valence-corrected chi connectivity index (χ4v) is 3.37. The minimum absolute atomic E-state index is 0.102. The molecule has 2 aromatic carbocycles. The second-order valence-corrected chi connectivity index (χ2v) is 7.74. The molecule has 0 saturated carbocycles. The Bertz CT molecular complexity index is 859. The zero-order chi connectivity index (χ0) is 19.4. The van der Waals surface area contributed by atoms with Gasteiger partial charge in [0.1, 0.15) is 5.82 Å². The number of benzene rings is 2. The van der Waals surface area contributed by atoms with Crippen molar-refractivity contribution in [3.05, 3.63) is 63.0 Å². The topological polar surface area (TPSA) is 52.6 Å². The minimum atomic E-state index is -0.443. The van der Waals surface area contributed by atoms with Crippen LogP contribution in [-0.4, -0.2) is 54.8 Å². The van der Waals surface area contributed by atoms with E-state index >= 15 is 0 Å². The predicted molar refractivity (Wildman–Crippen MR) is 112 cm³/mol. The molecule has 1 heterocycles. The van der Waals surface area contributed by atoms with Gasteiger partial charge in [-0.2, -0.15) is 0 Å². The number of nitrogens with one attached hydrogen (secondary N) is 1. The van der Waals surface area contributed by atoms with Crippen LogP contribution in [0.4, 0.5) is 10.1 Å². The quantitative estimate of drug-likeness (QED) is 0.684. The number of halogens is 2. The molecule has 5 nitrogen and oxygen atoms in total. The number of para-hydroxylation sites is 1. The SMILES string of the molecule is CN1CCCN(C(=O)c2ccccc2NC(=O)c2ccc(I)c(F)c2)CC1. The Morgan fingerprint density at radius 3 is 2.63 bits per heavy atom. The predicted octanol–water partition coefficient (Wildman–Crippen LogP) is 3.46. The van der Waals surface area contributed by atoms with E-state index in [1.165, 1.54) is 6.07 Å². The van der Waals surface area contributed by atoms with Gasteiger partial charge >= 0.3 is 0 Å². The van der Waals surface area contributed by atoms with Crippen molar-refractivity contribution >= 4 is 40.1 Å².